The number of carbonyl (C=O) groups is 1. The number of nitrogens with one attached hydrogen (secondary N) is 2. The number of benzene rings is 1. The highest BCUT2D eigenvalue weighted by Crippen LogP contribution is 2.39. The number of rotatable bonds is 3. The number of anilines is 1. The Morgan fingerprint density at radius 1 is 1.29 bits per heavy atom. The summed E-state index contributed by atoms with van der Waals surface area (Å²) in [6.07, 6.45) is 1.42. The van der Waals surface area contributed by atoms with Crippen LogP contribution in [0.1, 0.15) is 53.3 Å². The second-order valence-electron chi connectivity index (χ2n) is 7.77. The second kappa shape index (κ2) is 7.56. The van der Waals surface area contributed by atoms with Crippen molar-refractivity contribution in [2.75, 3.05) is 5.32 Å². The molecule has 0 unspecified atom stereocenters. The van der Waals surface area contributed by atoms with Gasteiger partial charge >= 0.3 is 0 Å². The van der Waals surface area contributed by atoms with Crippen LogP contribution >= 0.6 is 23.8 Å². The fourth-order valence-corrected chi connectivity index (χ4v) is 3.69. The van der Waals surface area contributed by atoms with Crippen LogP contribution in [0, 0.1) is 19.3 Å². The zero-order valence-corrected chi connectivity index (χ0v) is 17.8. The fourth-order valence-electron chi connectivity index (χ4n) is 3.47. The van der Waals surface area contributed by atoms with E-state index >= 15 is 0 Å². The molecule has 0 bridgehead atoms. The SMILES string of the molecule is Cc1c(Cl)cccc1NC(=O)c1oc2c(c1C)/C(=N\NC(N)=S)CC(C)(C)C2. The van der Waals surface area contributed by atoms with Crippen LogP contribution in [0.2, 0.25) is 5.02 Å². The number of nitrogens with zero attached hydrogens (tertiary/aromatic N) is 1. The van der Waals surface area contributed by atoms with Gasteiger partial charge in [0.2, 0.25) is 0 Å². The normalized spacial score (nSPS) is 16.5. The summed E-state index contributed by atoms with van der Waals surface area (Å²) in [5, 5.41) is 7.93. The van der Waals surface area contributed by atoms with E-state index in [4.69, 9.17) is 34.0 Å². The van der Waals surface area contributed by atoms with Crippen LogP contribution in [0.15, 0.2) is 27.7 Å². The molecule has 0 fully saturated rings. The van der Waals surface area contributed by atoms with Crippen molar-refractivity contribution in [3.63, 3.8) is 0 Å². The van der Waals surface area contributed by atoms with Gasteiger partial charge in [0, 0.05) is 28.3 Å². The van der Waals surface area contributed by atoms with Crippen LogP contribution < -0.4 is 16.5 Å². The van der Waals surface area contributed by atoms with Gasteiger partial charge in [-0.1, -0.05) is 31.5 Å². The molecule has 0 spiro atoms. The maximum absolute atomic E-state index is 12.9. The van der Waals surface area contributed by atoms with Crippen LogP contribution in [0.3, 0.4) is 0 Å². The number of hydrogen-bond donors (Lipinski definition) is 3. The van der Waals surface area contributed by atoms with E-state index in [0.29, 0.717) is 23.6 Å². The number of carbonyl (C=O) groups excluding carboxylic acids is 1. The molecular weight excluding hydrogens is 396 g/mol. The third-order valence-electron chi connectivity index (χ3n) is 4.82. The van der Waals surface area contributed by atoms with Gasteiger partial charge in [0.05, 0.1) is 5.71 Å². The molecule has 1 aliphatic carbocycles. The van der Waals surface area contributed by atoms with Gasteiger partial charge in [-0.15, -0.1) is 0 Å². The Hall–Kier alpha value is -2.38. The van der Waals surface area contributed by atoms with Crippen LogP contribution in [0.5, 0.6) is 0 Å². The monoisotopic (exact) mass is 418 g/mol. The number of thiocarbonyl (C=S) groups is 1. The third kappa shape index (κ3) is 4.05. The number of hydrazone groups is 1. The number of furan rings is 1. The summed E-state index contributed by atoms with van der Waals surface area (Å²) in [5.74, 6) is 0.687. The van der Waals surface area contributed by atoms with Crippen molar-refractivity contribution in [3.8, 4) is 0 Å². The number of halogens is 1. The van der Waals surface area contributed by atoms with Crippen LogP contribution in [0.25, 0.3) is 0 Å². The molecule has 0 aliphatic heterocycles. The summed E-state index contributed by atoms with van der Waals surface area (Å²) in [6, 6.07) is 5.38. The molecule has 0 atom stereocenters. The van der Waals surface area contributed by atoms with Crippen LogP contribution in [0.4, 0.5) is 5.69 Å². The van der Waals surface area contributed by atoms with Gasteiger partial charge in [-0.05, 0) is 55.6 Å². The first-order chi connectivity index (χ1) is 13.1. The standard InChI is InChI=1S/C20H23ClN4O2S/c1-10-12(21)6-5-7-13(10)23-18(26)17-11(2)16-14(24-25-19(22)28)8-20(3,4)9-15(16)27-17/h5-7H,8-9H2,1-4H3,(H,23,26)(H3,22,25,28)/b24-14-. The lowest BCUT2D eigenvalue weighted by Crippen LogP contribution is -2.31. The molecule has 0 saturated carbocycles. The lowest BCUT2D eigenvalue weighted by molar-refractivity contribution is 0.0992. The summed E-state index contributed by atoms with van der Waals surface area (Å²) in [4.78, 5) is 12.9. The molecule has 6 nitrogen and oxygen atoms in total. The maximum Gasteiger partial charge on any atom is 0.291 e. The first kappa shape index (κ1) is 20.4. The minimum Gasteiger partial charge on any atom is -0.455 e. The minimum absolute atomic E-state index is 0.0642. The lowest BCUT2D eigenvalue weighted by Gasteiger charge is -2.29. The van der Waals surface area contributed by atoms with E-state index < -0.39 is 0 Å². The Bertz CT molecular complexity index is 994. The van der Waals surface area contributed by atoms with Gasteiger partial charge in [0.1, 0.15) is 5.76 Å². The smallest absolute Gasteiger partial charge is 0.291 e. The molecule has 1 aromatic carbocycles. The number of amides is 1. The highest BCUT2D eigenvalue weighted by atomic mass is 35.5. The van der Waals surface area contributed by atoms with E-state index in [1.807, 2.05) is 13.8 Å². The van der Waals surface area contributed by atoms with E-state index in [2.05, 4.69) is 29.7 Å². The quantitative estimate of drug-likeness (QED) is 0.510. The molecule has 148 valence electrons. The van der Waals surface area contributed by atoms with E-state index in [9.17, 15) is 4.79 Å². The molecule has 0 saturated heterocycles. The van der Waals surface area contributed by atoms with Gasteiger partial charge in [-0.25, -0.2) is 0 Å². The average molecular weight is 419 g/mol. The van der Waals surface area contributed by atoms with Crippen molar-refractivity contribution in [2.45, 2.75) is 40.5 Å². The molecule has 4 N–H and O–H groups in total. The molecule has 1 aromatic heterocycles. The van der Waals surface area contributed by atoms with E-state index in [1.54, 1.807) is 18.2 Å². The number of hydrogen-bond acceptors (Lipinski definition) is 4. The third-order valence-corrected chi connectivity index (χ3v) is 5.32. The van der Waals surface area contributed by atoms with E-state index in [0.717, 1.165) is 28.2 Å². The first-order valence-electron chi connectivity index (χ1n) is 8.90. The van der Waals surface area contributed by atoms with Crippen LogP contribution in [-0.2, 0) is 6.42 Å². The highest BCUT2D eigenvalue weighted by Gasteiger charge is 2.36. The van der Waals surface area contributed by atoms with E-state index in [-0.39, 0.29) is 22.2 Å². The summed E-state index contributed by atoms with van der Waals surface area (Å²) in [7, 11) is 0. The molecule has 8 heteroatoms. The van der Waals surface area contributed by atoms with Crippen molar-refractivity contribution in [1.82, 2.24) is 5.43 Å². The molecule has 1 aliphatic rings. The largest absolute Gasteiger partial charge is 0.455 e. The molecule has 28 heavy (non-hydrogen) atoms. The van der Waals surface area contributed by atoms with Gasteiger partial charge in [-0.3, -0.25) is 10.2 Å². The number of fused-ring (bicyclic) bond motifs is 1. The molecule has 1 amide bonds. The Morgan fingerprint density at radius 2 is 2.00 bits per heavy atom. The zero-order chi connectivity index (χ0) is 20.6. The van der Waals surface area contributed by atoms with Crippen molar-refractivity contribution in [1.29, 1.82) is 0 Å². The lowest BCUT2D eigenvalue weighted by atomic mass is 9.75. The van der Waals surface area contributed by atoms with E-state index in [1.165, 1.54) is 0 Å². The minimum atomic E-state index is -0.322. The zero-order valence-electron chi connectivity index (χ0n) is 16.3. The average Bonchev–Trinajstić information content (AvgIpc) is 2.92. The molecule has 2 aromatic rings. The van der Waals surface area contributed by atoms with Crippen molar-refractivity contribution < 1.29 is 9.21 Å². The predicted octanol–water partition coefficient (Wildman–Crippen LogP) is 4.31. The topological polar surface area (TPSA) is 92.6 Å². The predicted molar refractivity (Wildman–Crippen MR) is 116 cm³/mol. The van der Waals surface area contributed by atoms with Gasteiger partial charge in [-0.2, -0.15) is 5.10 Å². The summed E-state index contributed by atoms with van der Waals surface area (Å²) in [6.45, 7) is 7.96. The summed E-state index contributed by atoms with van der Waals surface area (Å²) in [5.41, 5.74) is 11.9. The summed E-state index contributed by atoms with van der Waals surface area (Å²) < 4.78 is 6.00. The van der Waals surface area contributed by atoms with Gasteiger partial charge in [0.25, 0.3) is 5.91 Å². The molecule has 0 radical (unpaired) electrons. The molecular formula is C20H23ClN4O2S. The Morgan fingerprint density at radius 3 is 2.68 bits per heavy atom. The van der Waals surface area contributed by atoms with Crippen LogP contribution in [-0.4, -0.2) is 16.7 Å². The molecule has 1 heterocycles. The Labute approximate surface area is 174 Å². The molecule has 3 rings (SSSR count). The summed E-state index contributed by atoms with van der Waals surface area (Å²) >= 11 is 11.0. The van der Waals surface area contributed by atoms with Gasteiger partial charge in [0.15, 0.2) is 10.9 Å². The van der Waals surface area contributed by atoms with Crippen molar-refractivity contribution in [2.24, 2.45) is 16.3 Å². The fraction of sp³-hybridized carbons (Fsp3) is 0.350. The first-order valence-corrected chi connectivity index (χ1v) is 9.69. The van der Waals surface area contributed by atoms with Crippen molar-refractivity contribution in [3.05, 3.63) is 51.4 Å². The van der Waals surface area contributed by atoms with Gasteiger partial charge < -0.3 is 15.5 Å². The Kier molecular flexibility index (Phi) is 5.50. The number of nitrogens with two attached hydrogens (primary N) is 1. The highest BCUT2D eigenvalue weighted by molar-refractivity contribution is 7.80. The Balaban J connectivity index is 1.99. The van der Waals surface area contributed by atoms with Crippen molar-refractivity contribution >= 4 is 46.2 Å². The maximum atomic E-state index is 12.9. The second-order valence-corrected chi connectivity index (χ2v) is 8.62.